The van der Waals surface area contributed by atoms with E-state index in [1.807, 2.05) is 60.7 Å². The third-order valence-electron chi connectivity index (χ3n) is 5.00. The van der Waals surface area contributed by atoms with Gasteiger partial charge in [-0.15, -0.1) is 6.58 Å². The molecule has 0 aliphatic carbocycles. The highest BCUT2D eigenvalue weighted by atomic mass is 16.5. The minimum absolute atomic E-state index is 0.408. The Morgan fingerprint density at radius 1 is 0.967 bits per heavy atom. The summed E-state index contributed by atoms with van der Waals surface area (Å²) in [4.78, 5) is 4.79. The van der Waals surface area contributed by atoms with Crippen molar-refractivity contribution in [1.29, 1.82) is 0 Å². The van der Waals surface area contributed by atoms with Crippen molar-refractivity contribution in [2.75, 3.05) is 6.61 Å². The molecule has 0 aliphatic rings. The predicted molar refractivity (Wildman–Crippen MR) is 121 cm³/mol. The molecule has 0 unspecified atom stereocenters. The Balaban J connectivity index is 1.51. The lowest BCUT2D eigenvalue weighted by atomic mass is 10.1. The lowest BCUT2D eigenvalue weighted by Crippen LogP contribution is -2.13. The van der Waals surface area contributed by atoms with Crippen LogP contribution in [0.15, 0.2) is 85.5 Å². The lowest BCUT2D eigenvalue weighted by Gasteiger charge is -2.13. The Labute approximate surface area is 177 Å². The maximum Gasteiger partial charge on any atom is 0.148 e. The van der Waals surface area contributed by atoms with E-state index in [9.17, 15) is 0 Å². The molecule has 0 saturated carbocycles. The third kappa shape index (κ3) is 4.54. The lowest BCUT2D eigenvalue weighted by molar-refractivity contribution is 0.271. The molecule has 0 saturated heterocycles. The van der Waals surface area contributed by atoms with Crippen LogP contribution >= 0.6 is 0 Å². The molecular formula is C26H26N2O2. The molecule has 0 atom stereocenters. The fraction of sp³-hybridized carbons (Fsp3) is 0.192. The van der Waals surface area contributed by atoms with Crippen molar-refractivity contribution >= 4 is 11.0 Å². The Hall–Kier alpha value is -3.53. The minimum atomic E-state index is 0.408. The van der Waals surface area contributed by atoms with Gasteiger partial charge in [0.15, 0.2) is 0 Å². The summed E-state index contributed by atoms with van der Waals surface area (Å²) < 4.78 is 14.3. The van der Waals surface area contributed by atoms with Crippen molar-refractivity contribution in [3.63, 3.8) is 0 Å². The predicted octanol–water partition coefficient (Wildman–Crippen LogP) is 5.73. The molecule has 0 bridgehead atoms. The summed E-state index contributed by atoms with van der Waals surface area (Å²) in [6, 6.07) is 24.3. The number of aromatic nitrogens is 2. The summed E-state index contributed by atoms with van der Waals surface area (Å²) in [5.74, 6) is 2.64. The number of nitrogens with zero attached hydrogens (tertiary/aromatic N) is 2. The summed E-state index contributed by atoms with van der Waals surface area (Å²) in [6.07, 6.45) is 2.69. The molecule has 0 spiro atoms. The van der Waals surface area contributed by atoms with Gasteiger partial charge in [0.25, 0.3) is 0 Å². The zero-order valence-electron chi connectivity index (χ0n) is 17.3. The van der Waals surface area contributed by atoms with Gasteiger partial charge in [0.05, 0.1) is 17.6 Å². The van der Waals surface area contributed by atoms with Gasteiger partial charge in [0, 0.05) is 0 Å². The van der Waals surface area contributed by atoms with E-state index in [4.69, 9.17) is 14.5 Å². The van der Waals surface area contributed by atoms with Crippen LogP contribution < -0.4 is 9.47 Å². The Kier molecular flexibility index (Phi) is 6.14. The third-order valence-corrected chi connectivity index (χ3v) is 5.00. The number of hydrogen-bond donors (Lipinski definition) is 0. The first-order chi connectivity index (χ1) is 14.7. The second-order valence-corrected chi connectivity index (χ2v) is 7.22. The molecule has 0 fully saturated rings. The van der Waals surface area contributed by atoms with Crippen molar-refractivity contribution in [2.24, 2.45) is 0 Å². The van der Waals surface area contributed by atoms with Crippen LogP contribution in [0.3, 0.4) is 0 Å². The normalized spacial score (nSPS) is 10.8. The molecular weight excluding hydrogens is 372 g/mol. The zero-order valence-corrected chi connectivity index (χ0v) is 17.3. The van der Waals surface area contributed by atoms with Gasteiger partial charge in [-0.1, -0.05) is 48.5 Å². The van der Waals surface area contributed by atoms with Gasteiger partial charge in [-0.05, 0) is 54.8 Å². The van der Waals surface area contributed by atoms with Gasteiger partial charge < -0.3 is 14.0 Å². The average Bonchev–Trinajstić information content (AvgIpc) is 3.11. The number of benzene rings is 3. The number of para-hydroxylation sites is 3. The molecule has 0 amide bonds. The van der Waals surface area contributed by atoms with Gasteiger partial charge >= 0.3 is 0 Å². The Bertz CT molecular complexity index is 1150. The van der Waals surface area contributed by atoms with E-state index in [1.54, 1.807) is 0 Å². The van der Waals surface area contributed by atoms with Gasteiger partial charge in [-0.3, -0.25) is 0 Å². The van der Waals surface area contributed by atoms with Crippen LogP contribution in [-0.2, 0) is 19.6 Å². The summed E-state index contributed by atoms with van der Waals surface area (Å²) in [6.45, 7) is 7.54. The van der Waals surface area contributed by atoms with Gasteiger partial charge in [-0.25, -0.2) is 4.98 Å². The van der Waals surface area contributed by atoms with Crippen LogP contribution in [0.5, 0.6) is 11.5 Å². The summed E-state index contributed by atoms with van der Waals surface area (Å²) in [5, 5.41) is 0. The number of hydrogen-bond acceptors (Lipinski definition) is 3. The highest BCUT2D eigenvalue weighted by Crippen LogP contribution is 2.21. The number of rotatable bonds is 9. The molecule has 4 rings (SSSR count). The van der Waals surface area contributed by atoms with E-state index in [0.29, 0.717) is 19.8 Å². The highest BCUT2D eigenvalue weighted by molar-refractivity contribution is 5.75. The molecule has 1 heterocycles. The fourth-order valence-corrected chi connectivity index (χ4v) is 3.55. The molecule has 0 radical (unpaired) electrons. The van der Waals surface area contributed by atoms with E-state index in [-0.39, 0.29) is 0 Å². The van der Waals surface area contributed by atoms with E-state index < -0.39 is 0 Å². The van der Waals surface area contributed by atoms with Crippen LogP contribution in [0, 0.1) is 6.92 Å². The van der Waals surface area contributed by atoms with Crippen LogP contribution in [0.25, 0.3) is 11.0 Å². The van der Waals surface area contributed by atoms with Gasteiger partial charge in [-0.2, -0.15) is 0 Å². The first-order valence-corrected chi connectivity index (χ1v) is 10.2. The molecule has 152 valence electrons. The average molecular weight is 399 g/mol. The summed E-state index contributed by atoms with van der Waals surface area (Å²) in [7, 11) is 0. The maximum absolute atomic E-state index is 6.11. The van der Waals surface area contributed by atoms with Gasteiger partial charge in [0.1, 0.15) is 30.5 Å². The first kappa shape index (κ1) is 19.8. The number of allylic oxidation sites excluding steroid dienone is 1. The molecule has 4 aromatic rings. The standard InChI is InChI=1S/C26H26N2O2/c1-3-9-21-11-4-7-15-25(21)29-17-16-28-24-14-6-5-13-23(24)27-26(28)19-30-22-12-8-10-20(2)18-22/h3-8,10-15,18H,1,9,16-17,19H2,2H3. The fourth-order valence-electron chi connectivity index (χ4n) is 3.55. The largest absolute Gasteiger partial charge is 0.491 e. The van der Waals surface area contributed by atoms with E-state index in [2.05, 4.69) is 36.3 Å². The smallest absolute Gasteiger partial charge is 0.148 e. The van der Waals surface area contributed by atoms with Crippen LogP contribution in [-0.4, -0.2) is 16.2 Å². The molecule has 4 nitrogen and oxygen atoms in total. The summed E-state index contributed by atoms with van der Waals surface area (Å²) in [5.41, 5.74) is 4.37. The first-order valence-electron chi connectivity index (χ1n) is 10.2. The topological polar surface area (TPSA) is 36.3 Å². The second-order valence-electron chi connectivity index (χ2n) is 7.22. The van der Waals surface area contributed by atoms with Crippen molar-refractivity contribution in [3.05, 3.63) is 102 Å². The number of ether oxygens (including phenoxy) is 2. The van der Waals surface area contributed by atoms with Crippen LogP contribution in [0.1, 0.15) is 17.0 Å². The quantitative estimate of drug-likeness (QED) is 0.338. The zero-order chi connectivity index (χ0) is 20.8. The van der Waals surface area contributed by atoms with Crippen molar-refractivity contribution in [1.82, 2.24) is 9.55 Å². The Morgan fingerprint density at radius 3 is 2.67 bits per heavy atom. The Morgan fingerprint density at radius 2 is 1.80 bits per heavy atom. The second kappa shape index (κ2) is 9.31. The minimum Gasteiger partial charge on any atom is -0.491 e. The monoisotopic (exact) mass is 398 g/mol. The molecule has 1 aromatic heterocycles. The van der Waals surface area contributed by atoms with Crippen molar-refractivity contribution < 1.29 is 9.47 Å². The number of aryl methyl sites for hydroxylation is 1. The van der Waals surface area contributed by atoms with E-state index in [0.717, 1.165) is 40.3 Å². The molecule has 4 heteroatoms. The van der Waals surface area contributed by atoms with Crippen LogP contribution in [0.4, 0.5) is 0 Å². The highest BCUT2D eigenvalue weighted by Gasteiger charge is 2.12. The molecule has 0 N–H and O–H groups in total. The molecule has 0 aliphatic heterocycles. The summed E-state index contributed by atoms with van der Waals surface area (Å²) >= 11 is 0. The van der Waals surface area contributed by atoms with Gasteiger partial charge in [0.2, 0.25) is 0 Å². The van der Waals surface area contributed by atoms with Crippen molar-refractivity contribution in [2.45, 2.75) is 26.5 Å². The van der Waals surface area contributed by atoms with E-state index >= 15 is 0 Å². The SMILES string of the molecule is C=CCc1ccccc1OCCn1c(COc2cccc(C)c2)nc2ccccc21. The maximum atomic E-state index is 6.11. The van der Waals surface area contributed by atoms with Crippen molar-refractivity contribution in [3.8, 4) is 11.5 Å². The number of imidazole rings is 1. The number of fused-ring (bicyclic) bond motifs is 1. The molecule has 3 aromatic carbocycles. The van der Waals surface area contributed by atoms with E-state index in [1.165, 1.54) is 5.56 Å². The molecule has 30 heavy (non-hydrogen) atoms. The van der Waals surface area contributed by atoms with Crippen LogP contribution in [0.2, 0.25) is 0 Å².